The molecule has 0 aliphatic rings. The average molecular weight is 745 g/mol. The maximum Gasteiger partial charge on any atom is 0.478 e. The second-order valence-corrected chi connectivity index (χ2v) is 7.59. The minimum Gasteiger partial charge on any atom is -0.475 e. The van der Waals surface area contributed by atoms with Crippen molar-refractivity contribution in [3.63, 3.8) is 0 Å². The fourth-order valence-electron chi connectivity index (χ4n) is 1.79. The number of halogens is 25. The molecule has 264 valence electrons. The number of carboxylic acid groups (broad SMARTS) is 1. The lowest BCUT2D eigenvalue weighted by Crippen LogP contribution is -2.70. The molecule has 6 nitrogen and oxygen atoms in total. The number of rotatable bonds is 12. The van der Waals surface area contributed by atoms with E-state index in [-0.39, 0.29) is 0 Å². The molecule has 0 aromatic carbocycles. The number of aliphatic carboxylic acids is 1. The zero-order chi connectivity index (χ0) is 36.4. The van der Waals surface area contributed by atoms with Crippen LogP contribution in [0.3, 0.4) is 0 Å². The monoisotopic (exact) mass is 744 g/mol. The summed E-state index contributed by atoms with van der Waals surface area (Å²) in [5.74, 6) is -21.3. The summed E-state index contributed by atoms with van der Waals surface area (Å²) in [6.45, 7) is 0. The third-order valence-corrected chi connectivity index (χ3v) is 4.28. The maximum atomic E-state index is 14.2. The van der Waals surface area contributed by atoms with Crippen LogP contribution in [0.2, 0.25) is 0 Å². The van der Waals surface area contributed by atoms with Crippen LogP contribution in [-0.4, -0.2) is 83.1 Å². The van der Waals surface area contributed by atoms with Crippen LogP contribution in [0.4, 0.5) is 105 Å². The Morgan fingerprint density at radius 1 is 0.432 bits per heavy atom. The van der Waals surface area contributed by atoms with Crippen LogP contribution in [0, 0.1) is 0 Å². The summed E-state index contributed by atoms with van der Waals surface area (Å²) in [4.78, 5) is 10.0. The van der Waals surface area contributed by atoms with E-state index >= 15 is 0 Å². The van der Waals surface area contributed by atoms with Crippen LogP contribution >= 0.6 is 11.6 Å². The Hall–Kier alpha value is -2.08. The molecular formula is C13HClF24O6. The SMILES string of the molecule is O=C(O)C(F)(F)OC(F)(C(F)(F)F)C(F)(F)OC(F)(OC(F)(C(F)(F)F)C(F)(F)OC(F)(F)C(F)(Cl)C(F)(F)F)C(F)(F)F. The van der Waals surface area contributed by atoms with Gasteiger partial charge in [0.15, 0.2) is 0 Å². The van der Waals surface area contributed by atoms with E-state index in [0.29, 0.717) is 0 Å². The maximum absolute atomic E-state index is 14.2. The third-order valence-electron chi connectivity index (χ3n) is 3.84. The van der Waals surface area contributed by atoms with Gasteiger partial charge < -0.3 is 5.11 Å². The lowest BCUT2D eigenvalue weighted by molar-refractivity contribution is -0.602. The zero-order valence-electron chi connectivity index (χ0n) is 18.4. The Labute approximate surface area is 225 Å². The van der Waals surface area contributed by atoms with E-state index in [4.69, 9.17) is 5.11 Å². The second-order valence-electron chi connectivity index (χ2n) is 7.07. The summed E-state index contributed by atoms with van der Waals surface area (Å²) in [5.41, 5.74) is 0. The number of hydrogen-bond acceptors (Lipinski definition) is 5. The van der Waals surface area contributed by atoms with E-state index in [2.05, 4.69) is 11.6 Å². The van der Waals surface area contributed by atoms with Gasteiger partial charge in [0.1, 0.15) is 0 Å². The van der Waals surface area contributed by atoms with E-state index in [1.807, 2.05) is 0 Å². The van der Waals surface area contributed by atoms with Crippen molar-refractivity contribution in [1.82, 2.24) is 0 Å². The van der Waals surface area contributed by atoms with E-state index in [9.17, 15) is 110 Å². The summed E-state index contributed by atoms with van der Waals surface area (Å²) in [6.07, 6.45) is -64.5. The first-order valence-corrected chi connectivity index (χ1v) is 9.16. The number of hydrogen-bond donors (Lipinski definition) is 1. The smallest absolute Gasteiger partial charge is 0.475 e. The number of ether oxygens (including phenoxy) is 4. The first kappa shape index (κ1) is 41.9. The van der Waals surface area contributed by atoms with Gasteiger partial charge >= 0.3 is 78.0 Å². The van der Waals surface area contributed by atoms with Gasteiger partial charge in [-0.25, -0.2) is 18.7 Å². The lowest BCUT2D eigenvalue weighted by atomic mass is 10.2. The predicted molar refractivity (Wildman–Crippen MR) is 77.2 cm³/mol. The van der Waals surface area contributed by atoms with Gasteiger partial charge in [-0.2, -0.15) is 101 Å². The minimum atomic E-state index is -8.74. The van der Waals surface area contributed by atoms with E-state index < -0.39 is 78.0 Å². The van der Waals surface area contributed by atoms with E-state index in [1.54, 1.807) is 0 Å². The zero-order valence-corrected chi connectivity index (χ0v) is 19.2. The highest BCUT2D eigenvalue weighted by molar-refractivity contribution is 6.24. The average Bonchev–Trinajstić information content (AvgIpc) is 2.68. The van der Waals surface area contributed by atoms with Gasteiger partial charge in [-0.15, -0.1) is 0 Å². The highest BCUT2D eigenvalue weighted by Gasteiger charge is 2.87. The summed E-state index contributed by atoms with van der Waals surface area (Å²) < 4.78 is 320. The van der Waals surface area contributed by atoms with Gasteiger partial charge in [0.25, 0.3) is 0 Å². The standard InChI is InChI=1S/C13HClF24O6/c14-3(17,6(20,21)22)10(32,33)43-11(34,35)5(19,8(26,27)28)42-13(38,9(29,30)31)44-12(36,37)4(18,7(23,24)25)41-2(15,16)1(39)40/h(H,39,40). The Bertz CT molecular complexity index is 1050. The molecule has 0 aliphatic carbocycles. The highest BCUT2D eigenvalue weighted by atomic mass is 35.5. The van der Waals surface area contributed by atoms with Crippen LogP contribution < -0.4 is 0 Å². The lowest BCUT2D eigenvalue weighted by Gasteiger charge is -2.42. The summed E-state index contributed by atoms with van der Waals surface area (Å²) in [5, 5.41) is 0.584. The first-order valence-electron chi connectivity index (χ1n) is 8.79. The third kappa shape index (κ3) is 7.32. The fourth-order valence-corrected chi connectivity index (χ4v) is 1.83. The molecule has 0 radical (unpaired) electrons. The van der Waals surface area contributed by atoms with Crippen molar-refractivity contribution in [3.8, 4) is 0 Å². The van der Waals surface area contributed by atoms with Crippen molar-refractivity contribution in [2.24, 2.45) is 0 Å². The molecule has 4 unspecified atom stereocenters. The molecule has 4 atom stereocenters. The molecule has 0 amide bonds. The molecule has 0 bridgehead atoms. The van der Waals surface area contributed by atoms with Gasteiger partial charge in [-0.05, 0) is 0 Å². The molecule has 0 saturated heterocycles. The minimum absolute atomic E-state index is 1.15. The topological polar surface area (TPSA) is 74.2 Å². The van der Waals surface area contributed by atoms with Gasteiger partial charge in [0.05, 0.1) is 0 Å². The van der Waals surface area contributed by atoms with Crippen LogP contribution in [0.25, 0.3) is 0 Å². The second kappa shape index (κ2) is 11.0. The van der Waals surface area contributed by atoms with Crippen molar-refractivity contribution in [2.45, 2.75) is 72.0 Å². The van der Waals surface area contributed by atoms with Gasteiger partial charge in [0.2, 0.25) is 0 Å². The van der Waals surface area contributed by atoms with Crippen LogP contribution in [0.5, 0.6) is 0 Å². The summed E-state index contributed by atoms with van der Waals surface area (Å²) in [7, 11) is 0. The summed E-state index contributed by atoms with van der Waals surface area (Å²) >= 11 is 3.45. The molecule has 0 aromatic heterocycles. The quantitative estimate of drug-likeness (QED) is 0.126. The molecule has 31 heteroatoms. The Balaban J connectivity index is 7.37. The molecule has 0 saturated carbocycles. The fraction of sp³-hybridized carbons (Fsp3) is 0.923. The molecule has 0 heterocycles. The molecule has 0 spiro atoms. The summed E-state index contributed by atoms with van der Waals surface area (Å²) in [6, 6.07) is -8.56. The molecule has 0 aromatic rings. The first-order chi connectivity index (χ1) is 18.5. The number of alkyl halides is 25. The van der Waals surface area contributed by atoms with Gasteiger partial charge in [-0.3, -0.25) is 9.47 Å². The molecule has 0 fully saturated rings. The molecule has 44 heavy (non-hydrogen) atoms. The van der Waals surface area contributed by atoms with Crippen molar-refractivity contribution in [1.29, 1.82) is 0 Å². The van der Waals surface area contributed by atoms with Gasteiger partial charge in [0, 0.05) is 0 Å². The number of carbonyl (C=O) groups is 1. The van der Waals surface area contributed by atoms with E-state index in [1.165, 1.54) is 9.47 Å². The molecule has 1 N–H and O–H groups in total. The van der Waals surface area contributed by atoms with Crippen LogP contribution in [0.15, 0.2) is 0 Å². The normalized spacial score (nSPS) is 20.8. The Morgan fingerprint density at radius 2 is 0.750 bits per heavy atom. The predicted octanol–water partition coefficient (Wildman–Crippen LogP) is 7.62. The number of carboxylic acids is 1. The van der Waals surface area contributed by atoms with Crippen LogP contribution in [-0.2, 0) is 23.7 Å². The largest absolute Gasteiger partial charge is 0.478 e. The molecule has 0 aliphatic heterocycles. The van der Waals surface area contributed by atoms with Crippen molar-refractivity contribution < 1.29 is 134 Å². The van der Waals surface area contributed by atoms with Crippen molar-refractivity contribution >= 4 is 17.6 Å². The highest BCUT2D eigenvalue weighted by Crippen LogP contribution is 2.59. The van der Waals surface area contributed by atoms with Crippen molar-refractivity contribution in [2.75, 3.05) is 0 Å². The Kier molecular flexibility index (Phi) is 10.5. The van der Waals surface area contributed by atoms with E-state index in [0.717, 1.165) is 9.47 Å². The Morgan fingerprint density at radius 3 is 1.02 bits per heavy atom. The van der Waals surface area contributed by atoms with Gasteiger partial charge in [-0.1, -0.05) is 11.6 Å². The van der Waals surface area contributed by atoms with Crippen molar-refractivity contribution in [3.05, 3.63) is 0 Å². The molecular weight excluding hydrogens is 744 g/mol. The van der Waals surface area contributed by atoms with Crippen LogP contribution in [0.1, 0.15) is 0 Å². The molecule has 0 rings (SSSR count).